The first kappa shape index (κ1) is 43.6. The van der Waals surface area contributed by atoms with Crippen LogP contribution >= 0.6 is 0 Å². The summed E-state index contributed by atoms with van der Waals surface area (Å²) in [6, 6.07) is 4.71. The van der Waals surface area contributed by atoms with Crippen LogP contribution in [0.3, 0.4) is 0 Å². The first-order valence-corrected chi connectivity index (χ1v) is 24.1. The van der Waals surface area contributed by atoms with Crippen LogP contribution in [-0.2, 0) is 33.9 Å². The van der Waals surface area contributed by atoms with Crippen molar-refractivity contribution in [2.45, 2.75) is 129 Å². The minimum atomic E-state index is -4.32. The van der Waals surface area contributed by atoms with Crippen molar-refractivity contribution in [1.29, 1.82) is 0 Å². The number of nitrogens with zero attached hydrogens (tertiary/aromatic N) is 2. The number of benzene rings is 1. The van der Waals surface area contributed by atoms with Crippen molar-refractivity contribution in [2.75, 3.05) is 32.8 Å². The second-order valence-corrected chi connectivity index (χ2v) is 22.5. The van der Waals surface area contributed by atoms with E-state index in [0.29, 0.717) is 50.2 Å². The van der Waals surface area contributed by atoms with E-state index >= 15 is 4.79 Å². The van der Waals surface area contributed by atoms with Crippen molar-refractivity contribution in [1.82, 2.24) is 24.8 Å². The van der Waals surface area contributed by atoms with E-state index in [-0.39, 0.29) is 69.8 Å². The van der Waals surface area contributed by atoms with Gasteiger partial charge in [-0.2, -0.15) is 0 Å². The molecule has 1 aromatic heterocycles. The molecule has 13 nitrogen and oxygen atoms in total. The van der Waals surface area contributed by atoms with Crippen molar-refractivity contribution in [3.05, 3.63) is 43.1 Å². The molecule has 0 unspecified atom stereocenters. The number of nitrogens with one attached hydrogen (secondary N) is 3. The first-order valence-electron chi connectivity index (χ1n) is 22.6. The SMILES string of the molecule is C=C[C@@H]1C[C@]1(CC(=O)[C@@H]1C[C@@]2(CN1C(=O)[C@@H](CC(=O)[C@@H](NC(=O)N1CCOCC1)C1CCCCC1)C(C)(C)C)C(C)(C)C21CCC1)C(=O)NS(=O)(=O)c1cccc2cc[nH]c12. The summed E-state index contributed by atoms with van der Waals surface area (Å²) in [7, 11) is -4.32. The standard InChI is InChI=1S/C47H65N5O8S/c1-7-32-26-45(32,41(56)50-61(58,59)37-16-11-15-31-17-20-48-39(31)37)28-36(54)34-27-47(44(5,6)46(47)18-12-19-46)29-52(34)40(55)33(43(2,3)4)25-35(53)38(30-13-9-8-10-14-30)49-42(57)51-21-23-60-24-22-51/h7,11,15-17,20,30,32-34,38,48H,1,8-10,12-14,18-19,21-29H2,2-6H3,(H,49,57)(H,50,56)/t32-,33-,34+,38+,45-,47-/m1/s1. The lowest BCUT2D eigenvalue weighted by atomic mass is 9.73. The number of allylic oxidation sites excluding steroid dienone is 1. The van der Waals surface area contributed by atoms with Crippen molar-refractivity contribution in [2.24, 2.45) is 44.8 Å². The number of para-hydroxylation sites is 1. The number of rotatable bonds is 13. The topological polar surface area (TPSA) is 175 Å². The fourth-order valence-electron chi connectivity index (χ4n) is 12.5. The van der Waals surface area contributed by atoms with Crippen molar-refractivity contribution >= 4 is 50.3 Å². The number of fused-ring (bicyclic) bond motifs is 2. The van der Waals surface area contributed by atoms with Gasteiger partial charge in [0.1, 0.15) is 4.90 Å². The molecule has 2 aromatic rings. The largest absolute Gasteiger partial charge is 0.378 e. The first-order chi connectivity index (χ1) is 28.8. The number of urea groups is 1. The molecule has 4 amide bonds. The van der Waals surface area contributed by atoms with Crippen LogP contribution < -0.4 is 10.0 Å². The molecule has 8 rings (SSSR count). The van der Waals surface area contributed by atoms with Crippen molar-refractivity contribution in [3.63, 3.8) is 0 Å². The second kappa shape index (κ2) is 15.6. The molecule has 4 saturated carbocycles. The Morgan fingerprint density at radius 1 is 0.984 bits per heavy atom. The number of ether oxygens (including phenoxy) is 1. The summed E-state index contributed by atoms with van der Waals surface area (Å²) in [6.07, 6.45) is 11.4. The van der Waals surface area contributed by atoms with Crippen LogP contribution in [0.2, 0.25) is 0 Å². The lowest BCUT2D eigenvalue weighted by molar-refractivity contribution is -0.146. The monoisotopic (exact) mass is 859 g/mol. The summed E-state index contributed by atoms with van der Waals surface area (Å²) >= 11 is 0. The molecule has 1 aromatic carbocycles. The van der Waals surface area contributed by atoms with E-state index in [0.717, 1.165) is 51.4 Å². The second-order valence-electron chi connectivity index (χ2n) is 20.8. The Labute approximate surface area is 360 Å². The number of carbonyl (C=O) groups is 5. The van der Waals surface area contributed by atoms with E-state index in [9.17, 15) is 27.6 Å². The number of sulfonamides is 1. The zero-order chi connectivity index (χ0) is 43.8. The van der Waals surface area contributed by atoms with Crippen LogP contribution in [-0.4, -0.2) is 97.5 Å². The molecule has 2 aliphatic heterocycles. The van der Waals surface area contributed by atoms with Gasteiger partial charge in [-0.1, -0.05) is 78.5 Å². The molecule has 2 spiro atoms. The highest BCUT2D eigenvalue weighted by Crippen LogP contribution is 2.88. The van der Waals surface area contributed by atoms with Gasteiger partial charge < -0.3 is 24.8 Å². The Kier molecular flexibility index (Phi) is 11.2. The average molecular weight is 860 g/mol. The van der Waals surface area contributed by atoms with E-state index in [4.69, 9.17) is 4.74 Å². The number of morpholine rings is 1. The maximum Gasteiger partial charge on any atom is 0.318 e. The lowest BCUT2D eigenvalue weighted by Gasteiger charge is -2.37. The Balaban J connectivity index is 1.06. The van der Waals surface area contributed by atoms with E-state index in [1.807, 2.05) is 20.8 Å². The van der Waals surface area contributed by atoms with Crippen LogP contribution in [0.4, 0.5) is 4.79 Å². The Morgan fingerprint density at radius 2 is 1.69 bits per heavy atom. The van der Waals surface area contributed by atoms with Crippen molar-refractivity contribution < 1.29 is 37.1 Å². The highest BCUT2D eigenvalue weighted by molar-refractivity contribution is 7.90. The third-order valence-corrected chi connectivity index (χ3v) is 18.1. The maximum absolute atomic E-state index is 15.4. The van der Waals surface area contributed by atoms with Crippen molar-refractivity contribution in [3.8, 4) is 0 Å². The molecule has 3 heterocycles. The predicted octanol–water partition coefficient (Wildman–Crippen LogP) is 6.53. The average Bonchev–Trinajstić information content (AvgIpc) is 3.72. The molecule has 6 atom stereocenters. The number of hydrogen-bond acceptors (Lipinski definition) is 8. The number of likely N-dealkylation sites (tertiary alicyclic amines) is 1. The smallest absolute Gasteiger partial charge is 0.318 e. The molecule has 0 bridgehead atoms. The summed E-state index contributed by atoms with van der Waals surface area (Å²) in [4.78, 5) is 79.1. The molecule has 332 valence electrons. The summed E-state index contributed by atoms with van der Waals surface area (Å²) in [5, 5.41) is 3.79. The van der Waals surface area contributed by atoms with Crippen LogP contribution in [0.25, 0.3) is 10.9 Å². The lowest BCUT2D eigenvalue weighted by Crippen LogP contribution is -2.55. The van der Waals surface area contributed by atoms with Crippen LogP contribution in [0, 0.1) is 44.8 Å². The van der Waals surface area contributed by atoms with E-state index in [1.165, 1.54) is 6.07 Å². The third-order valence-electron chi connectivity index (χ3n) is 16.7. The molecule has 2 saturated heterocycles. The third kappa shape index (κ3) is 7.25. The Bertz CT molecular complexity index is 2210. The van der Waals surface area contributed by atoms with E-state index < -0.39 is 50.7 Å². The van der Waals surface area contributed by atoms with Gasteiger partial charge >= 0.3 is 6.03 Å². The maximum atomic E-state index is 15.4. The number of hydrogen-bond donors (Lipinski definition) is 3. The van der Waals surface area contributed by atoms with E-state index in [1.54, 1.807) is 40.3 Å². The Hall–Kier alpha value is -4.04. The molecule has 14 heteroatoms. The van der Waals surface area contributed by atoms with Gasteiger partial charge in [0.2, 0.25) is 11.8 Å². The van der Waals surface area contributed by atoms with Gasteiger partial charge in [-0.25, -0.2) is 17.9 Å². The highest BCUT2D eigenvalue weighted by Gasteiger charge is 2.85. The number of Topliss-reactive ketones (excluding diaryl/α,β-unsaturated/α-hetero) is 2. The molecule has 4 aliphatic carbocycles. The fraction of sp³-hybridized carbons (Fsp3) is 0.681. The minimum absolute atomic E-state index is 0.00165. The van der Waals surface area contributed by atoms with Gasteiger partial charge in [0, 0.05) is 55.4 Å². The zero-order valence-electron chi connectivity index (χ0n) is 36.6. The van der Waals surface area contributed by atoms with Gasteiger partial charge in [0.25, 0.3) is 10.0 Å². The summed E-state index contributed by atoms with van der Waals surface area (Å²) in [6.45, 7) is 16.4. The zero-order valence-corrected chi connectivity index (χ0v) is 37.5. The number of amides is 4. The number of carbonyl (C=O) groups excluding carboxylic acids is 5. The molecular weight excluding hydrogens is 795 g/mol. The van der Waals surface area contributed by atoms with Crippen LogP contribution in [0.5, 0.6) is 0 Å². The van der Waals surface area contributed by atoms with E-state index in [2.05, 4.69) is 35.4 Å². The van der Waals surface area contributed by atoms with Crippen LogP contribution in [0.15, 0.2) is 48.0 Å². The molecule has 6 fully saturated rings. The van der Waals surface area contributed by atoms with Gasteiger partial charge in [-0.3, -0.25) is 19.2 Å². The van der Waals surface area contributed by atoms with Gasteiger partial charge in [0.05, 0.1) is 36.2 Å². The summed E-state index contributed by atoms with van der Waals surface area (Å²) < 4.78 is 35.3. The molecule has 6 aliphatic rings. The number of H-pyrrole nitrogens is 1. The van der Waals surface area contributed by atoms with Gasteiger partial charge in [-0.15, -0.1) is 6.58 Å². The normalized spacial score (nSPS) is 29.1. The molecule has 61 heavy (non-hydrogen) atoms. The summed E-state index contributed by atoms with van der Waals surface area (Å²) in [5.74, 6) is -2.69. The number of aromatic nitrogens is 1. The summed E-state index contributed by atoms with van der Waals surface area (Å²) in [5.41, 5.74) is -2.05. The highest BCUT2D eigenvalue weighted by atomic mass is 32.2. The predicted molar refractivity (Wildman–Crippen MR) is 230 cm³/mol. The fourth-order valence-corrected chi connectivity index (χ4v) is 13.8. The van der Waals surface area contributed by atoms with Gasteiger partial charge in [-0.05, 0) is 78.7 Å². The van der Waals surface area contributed by atoms with Crippen LogP contribution in [0.1, 0.15) is 112 Å². The number of aromatic amines is 1. The molecule has 3 N–H and O–H groups in total. The minimum Gasteiger partial charge on any atom is -0.378 e. The number of ketones is 2. The molecule has 0 radical (unpaired) electrons. The molecular formula is C47H65N5O8S. The van der Waals surface area contributed by atoms with Gasteiger partial charge in [0.15, 0.2) is 11.6 Å². The quantitative estimate of drug-likeness (QED) is 0.191. The Morgan fingerprint density at radius 3 is 2.30 bits per heavy atom.